The van der Waals surface area contributed by atoms with Crippen molar-refractivity contribution >= 4 is 29.2 Å². The van der Waals surface area contributed by atoms with Crippen molar-refractivity contribution in [2.24, 2.45) is 0 Å². The minimum Gasteiger partial charge on any atom is -0.465 e. The number of rotatable bonds is 7. The lowest BCUT2D eigenvalue weighted by Gasteiger charge is -2.09. The predicted octanol–water partition coefficient (Wildman–Crippen LogP) is 5.22. The second-order valence-electron chi connectivity index (χ2n) is 5.93. The molecule has 0 atom stereocenters. The first-order valence-electron chi connectivity index (χ1n) is 8.55. The van der Waals surface area contributed by atoms with Gasteiger partial charge in [0.05, 0.1) is 11.8 Å². The van der Waals surface area contributed by atoms with Crippen LogP contribution in [0.5, 0.6) is 0 Å². The Morgan fingerprint density at radius 2 is 1.77 bits per heavy atom. The Morgan fingerprint density at radius 3 is 2.46 bits per heavy atom. The highest BCUT2D eigenvalue weighted by Crippen LogP contribution is 2.19. The number of furan rings is 1. The summed E-state index contributed by atoms with van der Waals surface area (Å²) in [6.07, 6.45) is 5.11. The van der Waals surface area contributed by atoms with Crippen LogP contribution in [0.1, 0.15) is 23.3 Å². The molecule has 4 heteroatoms. The molecule has 1 aromatic heterocycles. The van der Waals surface area contributed by atoms with Gasteiger partial charge in [-0.3, -0.25) is 4.79 Å². The smallest absolute Gasteiger partial charge is 0.252 e. The highest BCUT2D eigenvalue weighted by molar-refractivity contribution is 6.30. The largest absolute Gasteiger partial charge is 0.465 e. The lowest BCUT2D eigenvalue weighted by Crippen LogP contribution is -2.25. The van der Waals surface area contributed by atoms with Gasteiger partial charge in [-0.1, -0.05) is 54.1 Å². The lowest BCUT2D eigenvalue weighted by molar-refractivity contribution is -0.115. The fraction of sp³-hybridized carbons (Fsp3) is 0.136. The number of carbonyl (C=O) groups is 1. The van der Waals surface area contributed by atoms with Crippen molar-refractivity contribution in [1.82, 2.24) is 5.32 Å². The first kappa shape index (κ1) is 18.0. The second-order valence-corrected chi connectivity index (χ2v) is 6.36. The Hall–Kier alpha value is -2.78. The van der Waals surface area contributed by atoms with Gasteiger partial charge in [0, 0.05) is 11.6 Å². The normalized spacial score (nSPS) is 11.3. The molecule has 0 aliphatic heterocycles. The van der Waals surface area contributed by atoms with Gasteiger partial charge in [-0.05, 0) is 54.3 Å². The Bertz CT molecular complexity index is 853. The molecule has 0 saturated carbocycles. The summed E-state index contributed by atoms with van der Waals surface area (Å²) in [5.74, 6) is 0.545. The molecule has 0 radical (unpaired) electrons. The third-order valence-corrected chi connectivity index (χ3v) is 4.25. The van der Waals surface area contributed by atoms with Gasteiger partial charge in [0.2, 0.25) is 0 Å². The molecule has 0 bridgehead atoms. The van der Waals surface area contributed by atoms with Crippen LogP contribution >= 0.6 is 11.6 Å². The average molecular weight is 366 g/mol. The third kappa shape index (κ3) is 5.11. The highest BCUT2D eigenvalue weighted by atomic mass is 35.5. The zero-order valence-corrected chi connectivity index (χ0v) is 15.1. The number of aryl methyl sites for hydroxylation is 1. The summed E-state index contributed by atoms with van der Waals surface area (Å²) in [6.45, 7) is 0.601. The van der Waals surface area contributed by atoms with E-state index in [4.69, 9.17) is 16.0 Å². The van der Waals surface area contributed by atoms with Crippen molar-refractivity contribution < 1.29 is 9.21 Å². The molecular weight excluding hydrogens is 346 g/mol. The van der Waals surface area contributed by atoms with E-state index in [1.807, 2.05) is 60.7 Å². The monoisotopic (exact) mass is 365 g/mol. The summed E-state index contributed by atoms with van der Waals surface area (Å²) >= 11 is 5.89. The zero-order chi connectivity index (χ0) is 18.2. The molecule has 0 fully saturated rings. The van der Waals surface area contributed by atoms with Gasteiger partial charge in [-0.15, -0.1) is 0 Å². The van der Waals surface area contributed by atoms with Crippen LogP contribution < -0.4 is 5.32 Å². The summed E-state index contributed by atoms with van der Waals surface area (Å²) in [5, 5.41) is 3.73. The van der Waals surface area contributed by atoms with Gasteiger partial charge in [0.25, 0.3) is 5.91 Å². The van der Waals surface area contributed by atoms with Gasteiger partial charge in [0.1, 0.15) is 5.76 Å². The maximum absolute atomic E-state index is 12.7. The number of hydrogen-bond donors (Lipinski definition) is 1. The Balaban J connectivity index is 1.62. The minimum atomic E-state index is -0.108. The molecule has 1 N–H and O–H groups in total. The lowest BCUT2D eigenvalue weighted by atomic mass is 10.0. The summed E-state index contributed by atoms with van der Waals surface area (Å²) in [4.78, 5) is 12.7. The molecule has 3 nitrogen and oxygen atoms in total. The van der Waals surface area contributed by atoms with E-state index >= 15 is 0 Å². The number of amides is 1. The van der Waals surface area contributed by atoms with Crippen LogP contribution in [0.2, 0.25) is 5.02 Å². The molecule has 0 unspecified atom stereocenters. The van der Waals surface area contributed by atoms with Gasteiger partial charge in [0.15, 0.2) is 0 Å². The minimum absolute atomic E-state index is 0.108. The maximum Gasteiger partial charge on any atom is 0.252 e. The van der Waals surface area contributed by atoms with Crippen LogP contribution in [0.4, 0.5) is 0 Å². The number of nitrogens with one attached hydrogen (secondary N) is 1. The van der Waals surface area contributed by atoms with Crippen LogP contribution in [0.3, 0.4) is 0 Å². The van der Waals surface area contributed by atoms with Gasteiger partial charge >= 0.3 is 0 Å². The van der Waals surface area contributed by atoms with Crippen molar-refractivity contribution in [3.05, 3.63) is 94.9 Å². The van der Waals surface area contributed by atoms with E-state index in [9.17, 15) is 4.79 Å². The molecule has 1 heterocycles. The third-order valence-electron chi connectivity index (χ3n) is 4.00. The Labute approximate surface area is 158 Å². The van der Waals surface area contributed by atoms with E-state index in [1.54, 1.807) is 18.4 Å². The highest BCUT2D eigenvalue weighted by Gasteiger charge is 2.12. The van der Waals surface area contributed by atoms with E-state index in [-0.39, 0.29) is 5.91 Å². The summed E-state index contributed by atoms with van der Waals surface area (Å²) < 4.78 is 5.36. The van der Waals surface area contributed by atoms with Gasteiger partial charge < -0.3 is 9.73 Å². The van der Waals surface area contributed by atoms with E-state index < -0.39 is 0 Å². The van der Waals surface area contributed by atoms with Crippen LogP contribution in [0, 0.1) is 0 Å². The zero-order valence-electron chi connectivity index (χ0n) is 14.3. The molecule has 2 aromatic carbocycles. The molecule has 26 heavy (non-hydrogen) atoms. The van der Waals surface area contributed by atoms with Crippen molar-refractivity contribution in [1.29, 1.82) is 0 Å². The molecule has 0 saturated heterocycles. The van der Waals surface area contributed by atoms with Crippen molar-refractivity contribution in [2.75, 3.05) is 6.54 Å². The number of hydrogen-bond acceptors (Lipinski definition) is 2. The van der Waals surface area contributed by atoms with Crippen molar-refractivity contribution in [2.45, 2.75) is 12.8 Å². The van der Waals surface area contributed by atoms with E-state index in [0.29, 0.717) is 17.9 Å². The summed E-state index contributed by atoms with van der Waals surface area (Å²) in [7, 11) is 0. The van der Waals surface area contributed by atoms with Crippen molar-refractivity contribution in [3.63, 3.8) is 0 Å². The molecule has 0 aliphatic rings. The topological polar surface area (TPSA) is 42.2 Å². The second kappa shape index (κ2) is 9.07. The molecule has 3 aromatic rings. The van der Waals surface area contributed by atoms with Crippen LogP contribution in [-0.4, -0.2) is 12.5 Å². The molecule has 0 aliphatic carbocycles. The fourth-order valence-electron chi connectivity index (χ4n) is 2.65. The van der Waals surface area contributed by atoms with E-state index in [2.05, 4.69) is 5.32 Å². The fourth-order valence-corrected chi connectivity index (χ4v) is 2.78. The average Bonchev–Trinajstić information content (AvgIpc) is 3.18. The first-order valence-corrected chi connectivity index (χ1v) is 8.93. The van der Waals surface area contributed by atoms with E-state index in [1.165, 1.54) is 5.56 Å². The number of carbonyl (C=O) groups excluding carboxylic acids is 1. The number of benzene rings is 2. The van der Waals surface area contributed by atoms with Crippen LogP contribution in [0.15, 0.2) is 77.4 Å². The van der Waals surface area contributed by atoms with E-state index in [0.717, 1.165) is 23.4 Å². The standard InChI is InChI=1S/C22H20ClNO2/c23-19-12-10-17(11-13-19)6-4-14-24-22(25)21(16-20-9-5-15-26-20)18-7-2-1-3-8-18/h1-3,5,7-13,15-16H,4,6,14H2,(H,24,25)/b21-16+. The van der Waals surface area contributed by atoms with Gasteiger partial charge in [-0.2, -0.15) is 0 Å². The number of halogens is 1. The van der Waals surface area contributed by atoms with Crippen molar-refractivity contribution in [3.8, 4) is 0 Å². The quantitative estimate of drug-likeness (QED) is 0.460. The molecular formula is C22H20ClNO2. The summed E-state index contributed by atoms with van der Waals surface area (Å²) in [6, 6.07) is 21.0. The molecule has 3 rings (SSSR count). The van der Waals surface area contributed by atoms with Gasteiger partial charge in [-0.25, -0.2) is 0 Å². The molecule has 132 valence electrons. The maximum atomic E-state index is 12.7. The summed E-state index contributed by atoms with van der Waals surface area (Å²) in [5.41, 5.74) is 2.66. The Kier molecular flexibility index (Phi) is 6.29. The molecule has 1 amide bonds. The van der Waals surface area contributed by atoms with Crippen LogP contribution in [-0.2, 0) is 11.2 Å². The first-order chi connectivity index (χ1) is 12.7. The Morgan fingerprint density at radius 1 is 1.00 bits per heavy atom. The SMILES string of the molecule is O=C(NCCCc1ccc(Cl)cc1)/C(=C/c1ccco1)c1ccccc1. The predicted molar refractivity (Wildman–Crippen MR) is 106 cm³/mol. The van der Waals surface area contributed by atoms with Crippen LogP contribution in [0.25, 0.3) is 11.6 Å². The molecule has 0 spiro atoms.